The van der Waals surface area contributed by atoms with Crippen LogP contribution in [0.25, 0.3) is 0 Å². The van der Waals surface area contributed by atoms with E-state index in [9.17, 15) is 0 Å². The highest BCUT2D eigenvalue weighted by atomic mass is 15.2. The summed E-state index contributed by atoms with van der Waals surface area (Å²) in [6, 6.07) is 6.07. The standard InChI is InChI=1S/C11H17N3/c12-7-10-4-6-14(8-10)9-11-3-1-2-5-13-11/h1-3,5,10H,4,6-9,12H2/t10-/m0/s1. The fourth-order valence-corrected chi connectivity index (χ4v) is 1.97. The molecular formula is C11H17N3. The Bertz CT molecular complexity index is 273. The van der Waals surface area contributed by atoms with Crippen LogP contribution >= 0.6 is 0 Å². The van der Waals surface area contributed by atoms with Crippen LogP contribution < -0.4 is 5.73 Å². The van der Waals surface area contributed by atoms with Gasteiger partial charge in [0.2, 0.25) is 0 Å². The SMILES string of the molecule is NC[C@@H]1CCN(Cc2ccccn2)C1. The molecule has 0 aliphatic carbocycles. The molecular weight excluding hydrogens is 174 g/mol. The van der Waals surface area contributed by atoms with Crippen molar-refractivity contribution in [1.82, 2.24) is 9.88 Å². The molecule has 2 rings (SSSR count). The van der Waals surface area contributed by atoms with Gasteiger partial charge in [-0.05, 0) is 37.6 Å². The van der Waals surface area contributed by atoms with E-state index in [1.165, 1.54) is 13.0 Å². The molecule has 1 aromatic heterocycles. The first-order valence-corrected chi connectivity index (χ1v) is 5.21. The quantitative estimate of drug-likeness (QED) is 0.770. The van der Waals surface area contributed by atoms with Crippen molar-refractivity contribution >= 4 is 0 Å². The molecule has 76 valence electrons. The highest BCUT2D eigenvalue weighted by Gasteiger charge is 2.20. The maximum absolute atomic E-state index is 5.65. The predicted octanol–water partition coefficient (Wildman–Crippen LogP) is 0.862. The number of aromatic nitrogens is 1. The van der Waals surface area contributed by atoms with Gasteiger partial charge in [-0.1, -0.05) is 6.07 Å². The normalized spacial score (nSPS) is 22.8. The van der Waals surface area contributed by atoms with Crippen LogP contribution in [0.5, 0.6) is 0 Å². The molecule has 0 spiro atoms. The Morgan fingerprint density at radius 2 is 2.43 bits per heavy atom. The third-order valence-corrected chi connectivity index (χ3v) is 2.82. The summed E-state index contributed by atoms with van der Waals surface area (Å²) >= 11 is 0. The van der Waals surface area contributed by atoms with Crippen LogP contribution in [0.15, 0.2) is 24.4 Å². The van der Waals surface area contributed by atoms with Crippen molar-refractivity contribution in [2.45, 2.75) is 13.0 Å². The third-order valence-electron chi connectivity index (χ3n) is 2.82. The molecule has 1 aliphatic heterocycles. The van der Waals surface area contributed by atoms with E-state index in [0.29, 0.717) is 5.92 Å². The maximum Gasteiger partial charge on any atom is 0.0543 e. The zero-order valence-electron chi connectivity index (χ0n) is 8.39. The number of rotatable bonds is 3. The van der Waals surface area contributed by atoms with Crippen LogP contribution in [0, 0.1) is 5.92 Å². The lowest BCUT2D eigenvalue weighted by Gasteiger charge is -2.14. The van der Waals surface area contributed by atoms with Crippen molar-refractivity contribution in [3.63, 3.8) is 0 Å². The largest absolute Gasteiger partial charge is 0.330 e. The number of nitrogens with zero attached hydrogens (tertiary/aromatic N) is 2. The van der Waals surface area contributed by atoms with Crippen molar-refractivity contribution in [2.75, 3.05) is 19.6 Å². The summed E-state index contributed by atoms with van der Waals surface area (Å²) in [6.07, 6.45) is 3.09. The average molecular weight is 191 g/mol. The minimum Gasteiger partial charge on any atom is -0.330 e. The van der Waals surface area contributed by atoms with E-state index in [-0.39, 0.29) is 0 Å². The molecule has 0 unspecified atom stereocenters. The molecule has 2 N–H and O–H groups in total. The highest BCUT2D eigenvalue weighted by Crippen LogP contribution is 2.16. The van der Waals surface area contributed by atoms with Gasteiger partial charge in [-0.15, -0.1) is 0 Å². The topological polar surface area (TPSA) is 42.1 Å². The molecule has 1 atom stereocenters. The summed E-state index contributed by atoms with van der Waals surface area (Å²) in [6.45, 7) is 4.08. The first-order chi connectivity index (χ1) is 6.88. The van der Waals surface area contributed by atoms with Crippen molar-refractivity contribution in [2.24, 2.45) is 11.7 Å². The highest BCUT2D eigenvalue weighted by molar-refractivity contribution is 5.03. The molecule has 0 amide bonds. The van der Waals surface area contributed by atoms with E-state index in [1.54, 1.807) is 0 Å². The number of likely N-dealkylation sites (tertiary alicyclic amines) is 1. The zero-order valence-corrected chi connectivity index (χ0v) is 8.39. The summed E-state index contributed by atoms with van der Waals surface area (Å²) < 4.78 is 0. The molecule has 1 aromatic rings. The van der Waals surface area contributed by atoms with Gasteiger partial charge in [-0.25, -0.2) is 0 Å². The van der Waals surface area contributed by atoms with Crippen LogP contribution in [-0.4, -0.2) is 29.5 Å². The molecule has 3 heteroatoms. The van der Waals surface area contributed by atoms with Gasteiger partial charge in [0.1, 0.15) is 0 Å². The summed E-state index contributed by atoms with van der Waals surface area (Å²) in [4.78, 5) is 6.75. The monoisotopic (exact) mass is 191 g/mol. The lowest BCUT2D eigenvalue weighted by Crippen LogP contribution is -2.23. The molecule has 0 bridgehead atoms. The smallest absolute Gasteiger partial charge is 0.0543 e. The maximum atomic E-state index is 5.65. The van der Waals surface area contributed by atoms with Crippen LogP contribution in [0.3, 0.4) is 0 Å². The van der Waals surface area contributed by atoms with Crippen LogP contribution in [0.1, 0.15) is 12.1 Å². The lowest BCUT2D eigenvalue weighted by atomic mass is 10.1. The van der Waals surface area contributed by atoms with Gasteiger partial charge in [-0.3, -0.25) is 9.88 Å². The van der Waals surface area contributed by atoms with Crippen LogP contribution in [0.4, 0.5) is 0 Å². The average Bonchev–Trinajstić information content (AvgIpc) is 2.67. The third kappa shape index (κ3) is 2.30. The molecule has 2 heterocycles. The van der Waals surface area contributed by atoms with Gasteiger partial charge in [0.05, 0.1) is 5.69 Å². The van der Waals surface area contributed by atoms with Crippen molar-refractivity contribution < 1.29 is 0 Å². The Kier molecular flexibility index (Phi) is 3.11. The van der Waals surface area contributed by atoms with Gasteiger partial charge >= 0.3 is 0 Å². The number of nitrogens with two attached hydrogens (primary N) is 1. The van der Waals surface area contributed by atoms with Gasteiger partial charge in [0.15, 0.2) is 0 Å². The summed E-state index contributed by atoms with van der Waals surface area (Å²) in [5.41, 5.74) is 6.80. The van der Waals surface area contributed by atoms with Crippen molar-refractivity contribution in [3.05, 3.63) is 30.1 Å². The lowest BCUT2D eigenvalue weighted by molar-refractivity contribution is 0.314. The molecule has 1 aliphatic rings. The van der Waals surface area contributed by atoms with E-state index in [2.05, 4.69) is 16.0 Å². The molecule has 3 nitrogen and oxygen atoms in total. The molecule has 1 fully saturated rings. The number of hydrogen-bond acceptors (Lipinski definition) is 3. The fraction of sp³-hybridized carbons (Fsp3) is 0.545. The summed E-state index contributed by atoms with van der Waals surface area (Å²) in [5, 5.41) is 0. The van der Waals surface area contributed by atoms with Gasteiger partial charge < -0.3 is 5.73 Å². The Morgan fingerprint density at radius 1 is 1.50 bits per heavy atom. The second kappa shape index (κ2) is 4.53. The molecule has 1 saturated heterocycles. The minimum atomic E-state index is 0.693. The molecule has 0 radical (unpaired) electrons. The molecule has 14 heavy (non-hydrogen) atoms. The Balaban J connectivity index is 1.88. The minimum absolute atomic E-state index is 0.693. The van der Waals surface area contributed by atoms with Crippen molar-refractivity contribution in [1.29, 1.82) is 0 Å². The predicted molar refractivity (Wildman–Crippen MR) is 56.7 cm³/mol. The first kappa shape index (κ1) is 9.62. The van der Waals surface area contributed by atoms with Crippen LogP contribution in [0.2, 0.25) is 0 Å². The second-order valence-corrected chi connectivity index (χ2v) is 3.95. The van der Waals surface area contributed by atoms with E-state index >= 15 is 0 Å². The Morgan fingerprint density at radius 3 is 3.07 bits per heavy atom. The van der Waals surface area contributed by atoms with Crippen molar-refractivity contribution in [3.8, 4) is 0 Å². The molecule has 0 saturated carbocycles. The Hall–Kier alpha value is -0.930. The summed E-state index contributed by atoms with van der Waals surface area (Å²) in [5.74, 6) is 0.693. The van der Waals surface area contributed by atoms with Crippen LogP contribution in [-0.2, 0) is 6.54 Å². The van der Waals surface area contributed by atoms with E-state index < -0.39 is 0 Å². The van der Waals surface area contributed by atoms with Gasteiger partial charge in [0.25, 0.3) is 0 Å². The van der Waals surface area contributed by atoms with E-state index in [1.807, 2.05) is 18.3 Å². The number of hydrogen-bond donors (Lipinski definition) is 1. The molecule has 0 aromatic carbocycles. The Labute approximate surface area is 84.9 Å². The second-order valence-electron chi connectivity index (χ2n) is 3.95. The summed E-state index contributed by atoms with van der Waals surface area (Å²) in [7, 11) is 0. The van der Waals surface area contributed by atoms with E-state index in [4.69, 9.17) is 5.73 Å². The zero-order chi connectivity index (χ0) is 9.80. The van der Waals surface area contributed by atoms with Gasteiger partial charge in [-0.2, -0.15) is 0 Å². The van der Waals surface area contributed by atoms with E-state index in [0.717, 1.165) is 25.3 Å². The number of pyridine rings is 1. The first-order valence-electron chi connectivity index (χ1n) is 5.21. The van der Waals surface area contributed by atoms with Gasteiger partial charge in [0, 0.05) is 19.3 Å². The fourth-order valence-electron chi connectivity index (χ4n) is 1.97.